The predicted molar refractivity (Wildman–Crippen MR) is 61.3 cm³/mol. The highest BCUT2D eigenvalue weighted by Crippen LogP contribution is 2.57. The highest BCUT2D eigenvalue weighted by atomic mass is 19.4. The van der Waals surface area contributed by atoms with Gasteiger partial charge in [-0.3, -0.25) is 4.39 Å². The summed E-state index contributed by atoms with van der Waals surface area (Å²) in [4.78, 5) is 0. The zero-order valence-electron chi connectivity index (χ0n) is 10.9. The maximum absolute atomic E-state index is 13.9. The molecule has 0 unspecified atom stereocenters. The van der Waals surface area contributed by atoms with Gasteiger partial charge in [0.1, 0.15) is 11.9 Å². The SMILES string of the molecule is O[C@H]1c2c(C(F)(F)F)ccc(OCCCF)c2[C@@H](F)C1(F)F. The quantitative estimate of drug-likeness (QED) is 0.663. The zero-order valence-corrected chi connectivity index (χ0v) is 10.9. The number of benzene rings is 1. The lowest BCUT2D eigenvalue weighted by Gasteiger charge is -2.17. The predicted octanol–water partition coefficient (Wildman–Crippen LogP) is 4.14. The van der Waals surface area contributed by atoms with Crippen molar-refractivity contribution in [3.05, 3.63) is 28.8 Å². The van der Waals surface area contributed by atoms with Gasteiger partial charge in [-0.1, -0.05) is 0 Å². The molecule has 0 fully saturated rings. The molecule has 0 amide bonds. The Morgan fingerprint density at radius 3 is 2.36 bits per heavy atom. The van der Waals surface area contributed by atoms with Crippen molar-refractivity contribution in [1.29, 1.82) is 0 Å². The van der Waals surface area contributed by atoms with Crippen LogP contribution in [0.3, 0.4) is 0 Å². The minimum absolute atomic E-state index is 0.133. The number of fused-ring (bicyclic) bond motifs is 1. The van der Waals surface area contributed by atoms with Crippen LogP contribution in [0.4, 0.5) is 30.7 Å². The molecule has 2 rings (SSSR count). The van der Waals surface area contributed by atoms with Gasteiger partial charge in [-0.25, -0.2) is 4.39 Å². The van der Waals surface area contributed by atoms with Crippen LogP contribution in [0.15, 0.2) is 12.1 Å². The van der Waals surface area contributed by atoms with Gasteiger partial charge in [-0.05, 0) is 12.1 Å². The molecule has 0 saturated heterocycles. The van der Waals surface area contributed by atoms with Gasteiger partial charge >= 0.3 is 12.1 Å². The zero-order chi connectivity index (χ0) is 16.7. The van der Waals surface area contributed by atoms with Crippen LogP contribution in [0.1, 0.15) is 35.4 Å². The molecule has 0 spiro atoms. The first-order chi connectivity index (χ1) is 10.1. The Morgan fingerprint density at radius 2 is 1.82 bits per heavy atom. The van der Waals surface area contributed by atoms with Gasteiger partial charge in [0.25, 0.3) is 0 Å². The van der Waals surface area contributed by atoms with Crippen molar-refractivity contribution in [2.24, 2.45) is 0 Å². The number of hydrogen-bond acceptors (Lipinski definition) is 2. The Hall–Kier alpha value is -1.51. The second-order valence-corrected chi connectivity index (χ2v) is 4.77. The van der Waals surface area contributed by atoms with Gasteiger partial charge in [0.05, 0.1) is 18.8 Å². The van der Waals surface area contributed by atoms with Gasteiger partial charge in [0.15, 0.2) is 6.17 Å². The van der Waals surface area contributed by atoms with E-state index in [-0.39, 0.29) is 13.0 Å². The molecule has 22 heavy (non-hydrogen) atoms. The summed E-state index contributed by atoms with van der Waals surface area (Å²) in [6.45, 7) is -1.11. The molecule has 0 bridgehead atoms. The summed E-state index contributed by atoms with van der Waals surface area (Å²) < 4.78 is 96.4. The summed E-state index contributed by atoms with van der Waals surface area (Å²) in [5, 5.41) is 9.41. The second-order valence-electron chi connectivity index (χ2n) is 4.77. The van der Waals surface area contributed by atoms with Crippen molar-refractivity contribution in [3.8, 4) is 5.75 Å². The highest BCUT2D eigenvalue weighted by Gasteiger charge is 2.59. The van der Waals surface area contributed by atoms with E-state index in [4.69, 9.17) is 4.74 Å². The molecule has 0 saturated carbocycles. The van der Waals surface area contributed by atoms with Crippen molar-refractivity contribution < 1.29 is 40.6 Å². The van der Waals surface area contributed by atoms with E-state index in [9.17, 15) is 35.8 Å². The molecule has 1 aliphatic rings. The average molecular weight is 332 g/mol. The van der Waals surface area contributed by atoms with E-state index in [0.29, 0.717) is 12.1 Å². The van der Waals surface area contributed by atoms with Gasteiger partial charge in [0.2, 0.25) is 0 Å². The number of alkyl halides is 7. The molecular formula is C13H11F7O2. The van der Waals surface area contributed by atoms with Crippen LogP contribution in [0, 0.1) is 0 Å². The summed E-state index contributed by atoms with van der Waals surface area (Å²) in [5.41, 5.74) is -3.82. The third-order valence-electron chi connectivity index (χ3n) is 3.32. The normalized spacial score (nSPS) is 23.5. The lowest BCUT2D eigenvalue weighted by molar-refractivity contribution is -0.152. The van der Waals surface area contributed by atoms with Crippen LogP contribution < -0.4 is 4.74 Å². The molecule has 2 nitrogen and oxygen atoms in total. The Bertz CT molecular complexity index is 556. The number of aliphatic hydroxyl groups is 1. The molecular weight excluding hydrogens is 321 g/mol. The standard InChI is InChI=1S/C13H11F7O2/c14-4-1-5-22-7-3-2-6(13(18,19)20)8-9(7)10(15)12(16,17)11(8)21/h2-3,10-11,21H,1,4-5H2/t10-,11+/m1/s1. The summed E-state index contributed by atoms with van der Waals surface area (Å²) >= 11 is 0. The van der Waals surface area contributed by atoms with Crippen molar-refractivity contribution in [2.45, 2.75) is 30.8 Å². The lowest BCUT2D eigenvalue weighted by atomic mass is 10.0. The maximum atomic E-state index is 13.9. The van der Waals surface area contributed by atoms with Crippen LogP contribution >= 0.6 is 0 Å². The molecule has 2 atom stereocenters. The maximum Gasteiger partial charge on any atom is 0.416 e. The second kappa shape index (κ2) is 5.60. The number of halogens is 7. The molecule has 9 heteroatoms. The van der Waals surface area contributed by atoms with Crippen LogP contribution in [0.25, 0.3) is 0 Å². The van der Waals surface area contributed by atoms with Crippen molar-refractivity contribution in [3.63, 3.8) is 0 Å². The van der Waals surface area contributed by atoms with Crippen LogP contribution in [-0.2, 0) is 6.18 Å². The third-order valence-corrected chi connectivity index (χ3v) is 3.32. The van der Waals surface area contributed by atoms with E-state index in [1.165, 1.54) is 0 Å². The summed E-state index contributed by atoms with van der Waals surface area (Å²) in [6, 6.07) is 1.13. The third kappa shape index (κ3) is 2.62. The smallest absolute Gasteiger partial charge is 0.416 e. The molecule has 0 aromatic heterocycles. The first-order valence-electron chi connectivity index (χ1n) is 6.25. The molecule has 0 radical (unpaired) electrons. The molecule has 1 aromatic rings. The first kappa shape index (κ1) is 16.9. The van der Waals surface area contributed by atoms with E-state index < -0.39 is 53.5 Å². The van der Waals surface area contributed by atoms with E-state index in [1.54, 1.807) is 0 Å². The number of rotatable bonds is 4. The van der Waals surface area contributed by atoms with E-state index in [0.717, 1.165) is 0 Å². The monoisotopic (exact) mass is 332 g/mol. The fourth-order valence-corrected chi connectivity index (χ4v) is 2.31. The van der Waals surface area contributed by atoms with Crippen molar-refractivity contribution >= 4 is 0 Å². The van der Waals surface area contributed by atoms with E-state index in [2.05, 4.69) is 0 Å². The summed E-state index contributed by atoms with van der Waals surface area (Å²) in [7, 11) is 0. The topological polar surface area (TPSA) is 29.5 Å². The molecule has 124 valence electrons. The van der Waals surface area contributed by atoms with Gasteiger partial charge < -0.3 is 9.84 Å². The molecule has 1 N–H and O–H groups in total. The lowest BCUT2D eigenvalue weighted by Crippen LogP contribution is -2.25. The van der Waals surface area contributed by atoms with E-state index in [1.807, 2.05) is 0 Å². The van der Waals surface area contributed by atoms with Crippen LogP contribution in [-0.4, -0.2) is 24.3 Å². The number of ether oxygens (including phenoxy) is 1. The van der Waals surface area contributed by atoms with Crippen LogP contribution in [0.2, 0.25) is 0 Å². The van der Waals surface area contributed by atoms with Crippen molar-refractivity contribution in [2.75, 3.05) is 13.3 Å². The van der Waals surface area contributed by atoms with E-state index >= 15 is 0 Å². The van der Waals surface area contributed by atoms with Crippen LogP contribution in [0.5, 0.6) is 5.75 Å². The fourth-order valence-electron chi connectivity index (χ4n) is 2.31. The summed E-state index contributed by atoms with van der Waals surface area (Å²) in [5.74, 6) is -4.96. The molecule has 0 aliphatic heterocycles. The minimum Gasteiger partial charge on any atom is -0.493 e. The largest absolute Gasteiger partial charge is 0.493 e. The minimum atomic E-state index is -5.04. The van der Waals surface area contributed by atoms with Crippen molar-refractivity contribution in [1.82, 2.24) is 0 Å². The van der Waals surface area contributed by atoms with Gasteiger partial charge in [0, 0.05) is 17.5 Å². The first-order valence-corrected chi connectivity index (χ1v) is 6.25. The molecule has 1 aliphatic carbocycles. The van der Waals surface area contributed by atoms with Gasteiger partial charge in [-0.2, -0.15) is 22.0 Å². The average Bonchev–Trinajstić information content (AvgIpc) is 2.60. The number of aliphatic hydroxyl groups excluding tert-OH is 1. The Labute approximate surface area is 120 Å². The number of hydrogen-bond donors (Lipinski definition) is 1. The Kier molecular flexibility index (Phi) is 4.29. The van der Waals surface area contributed by atoms with Gasteiger partial charge in [-0.15, -0.1) is 0 Å². The molecule has 0 heterocycles. The Balaban J connectivity index is 2.56. The molecule has 1 aromatic carbocycles. The fraction of sp³-hybridized carbons (Fsp3) is 0.538. The Morgan fingerprint density at radius 1 is 1.18 bits per heavy atom. The highest BCUT2D eigenvalue weighted by molar-refractivity contribution is 5.53. The summed E-state index contributed by atoms with van der Waals surface area (Å²) in [6.07, 6.45) is -11.2.